The van der Waals surface area contributed by atoms with E-state index in [1.165, 1.54) is 6.92 Å². The van der Waals surface area contributed by atoms with Crippen molar-refractivity contribution in [3.05, 3.63) is 34.4 Å². The van der Waals surface area contributed by atoms with Crippen molar-refractivity contribution in [2.75, 3.05) is 20.3 Å². The Balaban J connectivity index is 2.08. The normalized spacial score (nSPS) is 34.9. The molecule has 0 radical (unpaired) electrons. The highest BCUT2D eigenvalue weighted by Gasteiger charge is 2.70. The molecule has 0 saturated heterocycles. The maximum Gasteiger partial charge on any atom is 0.334 e. The lowest BCUT2D eigenvalue weighted by atomic mass is 9.58. The van der Waals surface area contributed by atoms with Crippen LogP contribution in [0, 0.1) is 34.5 Å². The first-order valence-electron chi connectivity index (χ1n) is 15.6. The summed E-state index contributed by atoms with van der Waals surface area (Å²) in [5.41, 5.74) is -0.231. The first kappa shape index (κ1) is 34.4. The summed E-state index contributed by atoms with van der Waals surface area (Å²) in [5.74, 6) is -0.692. The second-order valence-electron chi connectivity index (χ2n) is 14.1. The van der Waals surface area contributed by atoms with Gasteiger partial charge in [0.15, 0.2) is 11.9 Å². The SMILES string of the molecule is CC/C(C(=O)OC1C(C)=CC2(C(=O)C(/C=C(/COC)COC(C)C)C3C(CC[C@H]2C)C3(C)C)C1(C)O)=C(/C)CC(C)=O. The predicted molar refractivity (Wildman–Crippen MR) is 164 cm³/mol. The number of carbonyl (C=O) groups is 3. The third-order valence-corrected chi connectivity index (χ3v) is 10.3. The molecule has 236 valence electrons. The van der Waals surface area contributed by atoms with Crippen LogP contribution >= 0.6 is 0 Å². The highest BCUT2D eigenvalue weighted by Crippen LogP contribution is 2.68. The van der Waals surface area contributed by atoms with Crippen LogP contribution < -0.4 is 0 Å². The molecule has 7 heteroatoms. The molecule has 7 nitrogen and oxygen atoms in total. The van der Waals surface area contributed by atoms with E-state index in [-0.39, 0.29) is 41.3 Å². The zero-order valence-electron chi connectivity index (χ0n) is 27.8. The highest BCUT2D eigenvalue weighted by molar-refractivity contribution is 5.95. The minimum absolute atomic E-state index is 0.0106. The van der Waals surface area contributed by atoms with Gasteiger partial charge in [-0.05, 0) is 95.1 Å². The zero-order chi connectivity index (χ0) is 31.8. The Labute approximate surface area is 253 Å². The number of allylic oxidation sites excluding steroid dienone is 2. The smallest absolute Gasteiger partial charge is 0.334 e. The van der Waals surface area contributed by atoms with Gasteiger partial charge < -0.3 is 19.3 Å². The first-order valence-corrected chi connectivity index (χ1v) is 15.6. The zero-order valence-corrected chi connectivity index (χ0v) is 27.8. The number of fused-ring (bicyclic) bond motifs is 1. The summed E-state index contributed by atoms with van der Waals surface area (Å²) < 4.78 is 17.5. The largest absolute Gasteiger partial charge is 0.451 e. The summed E-state index contributed by atoms with van der Waals surface area (Å²) >= 11 is 0. The Morgan fingerprint density at radius 2 is 1.79 bits per heavy atom. The van der Waals surface area contributed by atoms with Gasteiger partial charge in [0.25, 0.3) is 0 Å². The molecular formula is C35H54O7. The monoisotopic (exact) mass is 586 g/mol. The number of carbonyl (C=O) groups excluding carboxylic acids is 3. The maximum absolute atomic E-state index is 15.0. The molecular weight excluding hydrogens is 532 g/mol. The number of hydrogen-bond acceptors (Lipinski definition) is 7. The standard InChI is InChI=1S/C35H54O7/c1-12-26(21(4)15-24(7)36)32(38)42-31-22(5)17-35(34(31,10)39)23(6)13-14-28-29(33(28,8)9)27(30(35)37)16-25(18-40-11)19-41-20(2)3/h16-17,20,23,27-29,31,39H,12-15,18-19H2,1-11H3/b25-16-,26-21+/t23-,27?,28?,29?,31?,34?,35?/m1/s1. The van der Waals surface area contributed by atoms with Gasteiger partial charge in [-0.3, -0.25) is 9.59 Å². The molecule has 7 atom stereocenters. The van der Waals surface area contributed by atoms with Crippen LogP contribution in [0.2, 0.25) is 0 Å². The van der Waals surface area contributed by atoms with E-state index in [0.717, 1.165) is 18.4 Å². The van der Waals surface area contributed by atoms with Crippen molar-refractivity contribution in [3.63, 3.8) is 0 Å². The van der Waals surface area contributed by atoms with Crippen LogP contribution in [-0.2, 0) is 28.6 Å². The van der Waals surface area contributed by atoms with E-state index in [9.17, 15) is 14.7 Å². The number of Topliss-reactive ketones (excluding diaryl/α,β-unsaturated/α-hetero) is 2. The fraction of sp³-hybridized carbons (Fsp3) is 0.743. The fourth-order valence-electron chi connectivity index (χ4n) is 8.11. The van der Waals surface area contributed by atoms with E-state index in [4.69, 9.17) is 14.2 Å². The van der Waals surface area contributed by atoms with Crippen molar-refractivity contribution in [1.29, 1.82) is 0 Å². The lowest BCUT2D eigenvalue weighted by Gasteiger charge is -2.47. The predicted octanol–water partition coefficient (Wildman–Crippen LogP) is 6.19. The third kappa shape index (κ3) is 6.25. The van der Waals surface area contributed by atoms with Gasteiger partial charge in [-0.1, -0.05) is 45.4 Å². The van der Waals surface area contributed by atoms with E-state index in [1.807, 2.05) is 46.8 Å². The summed E-state index contributed by atoms with van der Waals surface area (Å²) in [6, 6.07) is 0. The van der Waals surface area contributed by atoms with E-state index in [1.54, 1.807) is 21.0 Å². The lowest BCUT2D eigenvalue weighted by Crippen LogP contribution is -2.59. The second-order valence-corrected chi connectivity index (χ2v) is 14.1. The molecule has 3 aliphatic rings. The van der Waals surface area contributed by atoms with E-state index in [0.29, 0.717) is 42.3 Å². The summed E-state index contributed by atoms with van der Waals surface area (Å²) in [5, 5.41) is 12.4. The summed E-state index contributed by atoms with van der Waals surface area (Å²) in [6.07, 6.45) is 5.30. The average molecular weight is 587 g/mol. The third-order valence-electron chi connectivity index (χ3n) is 10.3. The van der Waals surface area contributed by atoms with Gasteiger partial charge in [-0.25, -0.2) is 4.79 Å². The van der Waals surface area contributed by atoms with Crippen LogP contribution in [-0.4, -0.2) is 60.8 Å². The number of rotatable bonds is 11. The van der Waals surface area contributed by atoms with Crippen LogP contribution in [0.4, 0.5) is 0 Å². The Kier molecular flexibility index (Phi) is 10.5. The average Bonchev–Trinajstić information content (AvgIpc) is 3.35. The second kappa shape index (κ2) is 12.9. The molecule has 0 aromatic carbocycles. The molecule has 3 rings (SSSR count). The van der Waals surface area contributed by atoms with Crippen molar-refractivity contribution in [1.82, 2.24) is 0 Å². The number of ether oxygens (including phenoxy) is 3. The molecule has 0 amide bonds. The minimum Gasteiger partial charge on any atom is -0.451 e. The maximum atomic E-state index is 15.0. The summed E-state index contributed by atoms with van der Waals surface area (Å²) in [4.78, 5) is 40.2. The molecule has 2 fully saturated rings. The number of methoxy groups -OCH3 is 1. The van der Waals surface area contributed by atoms with Gasteiger partial charge in [0.05, 0.1) is 24.7 Å². The summed E-state index contributed by atoms with van der Waals surface area (Å²) in [6.45, 7) is 19.8. The summed E-state index contributed by atoms with van der Waals surface area (Å²) in [7, 11) is 1.64. The van der Waals surface area contributed by atoms with Crippen molar-refractivity contribution < 1.29 is 33.7 Å². The van der Waals surface area contributed by atoms with Crippen molar-refractivity contribution in [3.8, 4) is 0 Å². The molecule has 1 spiro atoms. The van der Waals surface area contributed by atoms with Crippen molar-refractivity contribution >= 4 is 17.5 Å². The highest BCUT2D eigenvalue weighted by atomic mass is 16.6. The Morgan fingerprint density at radius 1 is 1.14 bits per heavy atom. The lowest BCUT2D eigenvalue weighted by molar-refractivity contribution is -0.176. The van der Waals surface area contributed by atoms with Crippen molar-refractivity contribution in [2.24, 2.45) is 34.5 Å². The molecule has 0 aliphatic heterocycles. The Morgan fingerprint density at radius 3 is 2.33 bits per heavy atom. The van der Waals surface area contributed by atoms with Gasteiger partial charge >= 0.3 is 5.97 Å². The van der Waals surface area contributed by atoms with E-state index >= 15 is 4.79 Å². The Hall–Kier alpha value is -2.09. The minimum atomic E-state index is -1.66. The number of hydrogen-bond donors (Lipinski definition) is 1. The molecule has 0 aromatic rings. The van der Waals surface area contributed by atoms with E-state index in [2.05, 4.69) is 13.8 Å². The molecule has 2 saturated carbocycles. The topological polar surface area (TPSA) is 99.1 Å². The molecule has 0 aromatic heterocycles. The number of aliphatic hydroxyl groups is 1. The van der Waals surface area contributed by atoms with Gasteiger partial charge in [0.2, 0.25) is 0 Å². The van der Waals surface area contributed by atoms with Gasteiger partial charge in [-0.15, -0.1) is 0 Å². The van der Waals surface area contributed by atoms with Gasteiger partial charge in [0.1, 0.15) is 11.4 Å². The van der Waals surface area contributed by atoms with Crippen LogP contribution in [0.3, 0.4) is 0 Å². The number of esters is 1. The molecule has 6 unspecified atom stereocenters. The van der Waals surface area contributed by atoms with Crippen LogP contribution in [0.25, 0.3) is 0 Å². The molecule has 1 N–H and O–H groups in total. The number of ketones is 2. The molecule has 3 aliphatic carbocycles. The van der Waals surface area contributed by atoms with E-state index < -0.39 is 29.0 Å². The molecule has 42 heavy (non-hydrogen) atoms. The fourth-order valence-corrected chi connectivity index (χ4v) is 8.11. The van der Waals surface area contributed by atoms with Crippen LogP contribution in [0.5, 0.6) is 0 Å². The quantitative estimate of drug-likeness (QED) is 0.175. The molecule has 0 bridgehead atoms. The Bertz CT molecular complexity index is 1150. The van der Waals surface area contributed by atoms with Crippen LogP contribution in [0.15, 0.2) is 34.4 Å². The molecule has 0 heterocycles. The van der Waals surface area contributed by atoms with Crippen LogP contribution in [0.1, 0.15) is 94.9 Å². The van der Waals surface area contributed by atoms with Gasteiger partial charge in [0, 0.05) is 25.0 Å². The van der Waals surface area contributed by atoms with Gasteiger partial charge in [-0.2, -0.15) is 0 Å². The first-order chi connectivity index (χ1) is 19.5. The van der Waals surface area contributed by atoms with Crippen molar-refractivity contribution in [2.45, 2.75) is 113 Å².